The van der Waals surface area contributed by atoms with Crippen LogP contribution in [0.1, 0.15) is 63.0 Å². The highest BCUT2D eigenvalue weighted by Gasteiger charge is 2.22. The van der Waals surface area contributed by atoms with E-state index in [1.54, 1.807) is 41.1 Å². The zero-order valence-electron chi connectivity index (χ0n) is 22.7. The number of rotatable bonds is 10. The first-order chi connectivity index (χ1) is 18.8. The Balaban J connectivity index is 1.23. The molecule has 3 N–H and O–H groups in total. The molecule has 0 amide bonds. The second kappa shape index (κ2) is 12.1. The van der Waals surface area contributed by atoms with Crippen LogP contribution in [0.15, 0.2) is 46.2 Å². The number of benzene rings is 1. The van der Waals surface area contributed by atoms with Crippen molar-refractivity contribution in [2.24, 2.45) is 0 Å². The van der Waals surface area contributed by atoms with E-state index < -0.39 is 10.0 Å². The first kappa shape index (κ1) is 27.7. The normalized spacial score (nSPS) is 20.5. The van der Waals surface area contributed by atoms with Gasteiger partial charge in [0.1, 0.15) is 5.65 Å². The van der Waals surface area contributed by atoms with Crippen LogP contribution in [-0.2, 0) is 14.8 Å². The van der Waals surface area contributed by atoms with Gasteiger partial charge in [-0.1, -0.05) is 12.8 Å². The number of aryl methyl sites for hydroxylation is 1. The maximum Gasteiger partial charge on any atom is 0.252 e. The number of ether oxygens (including phenoxy) is 1. The fraction of sp³-hybridized carbons (Fsp3) is 0.536. The molecule has 210 valence electrons. The molecule has 0 saturated heterocycles. The monoisotopic (exact) mass is 554 g/mol. The number of hydrogen-bond donors (Lipinski definition) is 3. The van der Waals surface area contributed by atoms with Crippen LogP contribution in [0.4, 0.5) is 11.6 Å². The van der Waals surface area contributed by atoms with E-state index >= 15 is 0 Å². The van der Waals surface area contributed by atoms with E-state index in [0.29, 0.717) is 29.9 Å². The van der Waals surface area contributed by atoms with E-state index in [-0.39, 0.29) is 29.1 Å². The lowest BCUT2D eigenvalue weighted by Gasteiger charge is -2.28. The molecule has 0 unspecified atom stereocenters. The van der Waals surface area contributed by atoms with Gasteiger partial charge in [-0.25, -0.2) is 18.1 Å². The number of nitrogens with one attached hydrogen (secondary N) is 3. The number of sulfonamides is 1. The van der Waals surface area contributed by atoms with Crippen molar-refractivity contribution >= 4 is 32.7 Å². The van der Waals surface area contributed by atoms with Crippen molar-refractivity contribution in [3.05, 3.63) is 52.4 Å². The van der Waals surface area contributed by atoms with Gasteiger partial charge < -0.3 is 15.4 Å². The van der Waals surface area contributed by atoms with Gasteiger partial charge in [-0.3, -0.25) is 9.36 Å². The minimum Gasteiger partial charge on any atom is -0.377 e. The van der Waals surface area contributed by atoms with Crippen molar-refractivity contribution in [3.63, 3.8) is 0 Å². The zero-order valence-corrected chi connectivity index (χ0v) is 23.5. The smallest absolute Gasteiger partial charge is 0.252 e. The molecular formula is C28H38N6O4S. The van der Waals surface area contributed by atoms with Gasteiger partial charge in [0.25, 0.3) is 5.56 Å². The quantitative estimate of drug-likeness (QED) is 0.323. The Labute approximate surface area is 229 Å². The SMILES string of the molecule is CNC1CCC(OCCNS(=O)(=O)c2ccc(Nc3ncc4ccc(=O)n(C5CCCC5)c4n3)c(C)c2)CC1. The fourth-order valence-electron chi connectivity index (χ4n) is 5.68. The molecule has 2 heterocycles. The lowest BCUT2D eigenvalue weighted by Crippen LogP contribution is -2.34. The summed E-state index contributed by atoms with van der Waals surface area (Å²) in [6, 6.07) is 8.94. The Morgan fingerprint density at radius 3 is 2.54 bits per heavy atom. The second-order valence-electron chi connectivity index (χ2n) is 10.6. The molecular weight excluding hydrogens is 516 g/mol. The molecule has 2 saturated carbocycles. The highest BCUT2D eigenvalue weighted by molar-refractivity contribution is 7.89. The molecule has 0 bridgehead atoms. The minimum absolute atomic E-state index is 0.0520. The maximum atomic E-state index is 12.9. The molecule has 2 aliphatic rings. The third-order valence-electron chi connectivity index (χ3n) is 7.94. The largest absolute Gasteiger partial charge is 0.377 e. The van der Waals surface area contributed by atoms with E-state index in [9.17, 15) is 13.2 Å². The van der Waals surface area contributed by atoms with Crippen LogP contribution in [-0.4, -0.2) is 55.3 Å². The maximum absolute atomic E-state index is 12.9. The molecule has 0 spiro atoms. The van der Waals surface area contributed by atoms with Gasteiger partial charge in [-0.05, 0) is 82.3 Å². The third kappa shape index (κ3) is 6.49. The first-order valence-electron chi connectivity index (χ1n) is 13.9. The van der Waals surface area contributed by atoms with Crippen LogP contribution in [0.25, 0.3) is 11.0 Å². The van der Waals surface area contributed by atoms with Crippen molar-refractivity contribution in [3.8, 4) is 0 Å². The molecule has 0 radical (unpaired) electrons. The molecule has 0 aliphatic heterocycles. The molecule has 0 atom stereocenters. The molecule has 2 aliphatic carbocycles. The first-order valence-corrected chi connectivity index (χ1v) is 15.4. The summed E-state index contributed by atoms with van der Waals surface area (Å²) in [6.45, 7) is 2.40. The predicted octanol–water partition coefficient (Wildman–Crippen LogP) is 3.78. The second-order valence-corrected chi connectivity index (χ2v) is 12.4. The number of nitrogens with zero attached hydrogens (tertiary/aromatic N) is 3. The van der Waals surface area contributed by atoms with Crippen LogP contribution >= 0.6 is 0 Å². The average molecular weight is 555 g/mol. The van der Waals surface area contributed by atoms with Gasteiger partial charge in [0.2, 0.25) is 16.0 Å². The van der Waals surface area contributed by atoms with E-state index in [0.717, 1.165) is 62.3 Å². The topological polar surface area (TPSA) is 127 Å². The zero-order chi connectivity index (χ0) is 27.4. The molecule has 2 fully saturated rings. The Kier molecular flexibility index (Phi) is 8.61. The van der Waals surface area contributed by atoms with Crippen LogP contribution in [0.5, 0.6) is 0 Å². The van der Waals surface area contributed by atoms with Crippen molar-refractivity contribution in [2.75, 3.05) is 25.5 Å². The van der Waals surface area contributed by atoms with Gasteiger partial charge >= 0.3 is 0 Å². The van der Waals surface area contributed by atoms with Crippen molar-refractivity contribution in [2.45, 2.75) is 81.4 Å². The summed E-state index contributed by atoms with van der Waals surface area (Å²) in [7, 11) is -1.69. The van der Waals surface area contributed by atoms with Crippen LogP contribution in [0.2, 0.25) is 0 Å². The third-order valence-corrected chi connectivity index (χ3v) is 9.40. The molecule has 39 heavy (non-hydrogen) atoms. The standard InChI is InChI=1S/C28H38N6O4S/c1-19-17-24(39(36,37)31-15-16-38-23-10-8-21(29-2)9-11-23)12-13-25(19)32-28-30-18-20-7-14-26(35)34(27(20)33-28)22-5-3-4-6-22/h7,12-14,17-18,21-23,29,31H,3-6,8-11,15-16H2,1-2H3,(H,30,32,33). The molecule has 11 heteroatoms. The molecule has 10 nitrogen and oxygen atoms in total. The Hall–Kier alpha value is -2.86. The Bertz CT molecular complexity index is 1460. The molecule has 1 aromatic carbocycles. The van der Waals surface area contributed by atoms with E-state index in [1.165, 1.54) is 0 Å². The Morgan fingerprint density at radius 2 is 1.82 bits per heavy atom. The van der Waals surface area contributed by atoms with Gasteiger partial charge in [0, 0.05) is 42.0 Å². The number of hydrogen-bond acceptors (Lipinski definition) is 8. The van der Waals surface area contributed by atoms with Crippen LogP contribution in [0.3, 0.4) is 0 Å². The van der Waals surface area contributed by atoms with E-state index in [1.807, 2.05) is 14.0 Å². The summed E-state index contributed by atoms with van der Waals surface area (Å²) in [5, 5.41) is 7.31. The fourth-order valence-corrected chi connectivity index (χ4v) is 6.78. The van der Waals surface area contributed by atoms with Gasteiger partial charge in [0.05, 0.1) is 17.6 Å². The summed E-state index contributed by atoms with van der Waals surface area (Å²) in [4.78, 5) is 22.0. The van der Waals surface area contributed by atoms with E-state index in [4.69, 9.17) is 4.74 Å². The lowest BCUT2D eigenvalue weighted by molar-refractivity contribution is 0.0265. The number of pyridine rings is 1. The summed E-state index contributed by atoms with van der Waals surface area (Å²) >= 11 is 0. The predicted molar refractivity (Wildman–Crippen MR) is 152 cm³/mol. The highest BCUT2D eigenvalue weighted by atomic mass is 32.2. The van der Waals surface area contributed by atoms with E-state index in [2.05, 4.69) is 25.3 Å². The summed E-state index contributed by atoms with van der Waals surface area (Å²) in [6.07, 6.45) is 10.2. The van der Waals surface area contributed by atoms with Crippen molar-refractivity contribution < 1.29 is 13.2 Å². The average Bonchev–Trinajstić information content (AvgIpc) is 3.47. The number of aromatic nitrogens is 3. The number of fused-ring (bicyclic) bond motifs is 1. The summed E-state index contributed by atoms with van der Waals surface area (Å²) in [5.41, 5.74) is 1.99. The van der Waals surface area contributed by atoms with Crippen molar-refractivity contribution in [1.29, 1.82) is 0 Å². The van der Waals surface area contributed by atoms with Gasteiger partial charge in [-0.2, -0.15) is 4.98 Å². The highest BCUT2D eigenvalue weighted by Crippen LogP contribution is 2.30. The van der Waals surface area contributed by atoms with Crippen LogP contribution in [0, 0.1) is 6.92 Å². The summed E-state index contributed by atoms with van der Waals surface area (Å²) in [5.74, 6) is 0.359. The van der Waals surface area contributed by atoms with Gasteiger partial charge in [-0.15, -0.1) is 0 Å². The minimum atomic E-state index is -3.67. The lowest BCUT2D eigenvalue weighted by atomic mass is 9.93. The van der Waals surface area contributed by atoms with Gasteiger partial charge in [0.15, 0.2) is 0 Å². The van der Waals surface area contributed by atoms with Crippen LogP contribution < -0.4 is 20.9 Å². The molecule has 3 aromatic rings. The molecule has 5 rings (SSSR count). The summed E-state index contributed by atoms with van der Waals surface area (Å²) < 4.78 is 36.1. The Morgan fingerprint density at radius 1 is 1.05 bits per heavy atom. The molecule has 2 aromatic heterocycles. The van der Waals surface area contributed by atoms with Crippen molar-refractivity contribution in [1.82, 2.24) is 24.6 Å². The number of anilines is 2.